The highest BCUT2D eigenvalue weighted by Crippen LogP contribution is 2.25. The molecule has 0 aliphatic heterocycles. The largest absolute Gasteiger partial charge is 0.490 e. The molecule has 0 spiro atoms. The maximum Gasteiger partial charge on any atom is 0.127 e. The molecule has 1 N–H and O–H groups in total. The van der Waals surface area contributed by atoms with E-state index < -0.39 is 6.10 Å². The Morgan fingerprint density at radius 2 is 1.69 bits per heavy atom. The van der Waals surface area contributed by atoms with Crippen molar-refractivity contribution in [1.29, 1.82) is 0 Å². The number of aromatic nitrogens is 3. The summed E-state index contributed by atoms with van der Waals surface area (Å²) in [4.78, 5) is 0. The highest BCUT2D eigenvalue weighted by atomic mass is 16.5. The number of hydrogen-bond acceptors (Lipinski definition) is 5. The monoisotopic (exact) mass is 389 g/mol. The Morgan fingerprint density at radius 1 is 0.897 bits per heavy atom. The topological polar surface area (TPSA) is 69.4 Å². The van der Waals surface area contributed by atoms with Crippen LogP contribution in [0.3, 0.4) is 0 Å². The smallest absolute Gasteiger partial charge is 0.127 e. The number of rotatable bonds is 9. The number of aliphatic hydroxyl groups excluding tert-OH is 1. The summed E-state index contributed by atoms with van der Waals surface area (Å²) in [6.07, 6.45) is 1.08. The summed E-state index contributed by atoms with van der Waals surface area (Å²) in [6, 6.07) is 23.9. The Labute approximate surface area is 169 Å². The van der Waals surface area contributed by atoms with Crippen LogP contribution in [-0.4, -0.2) is 32.8 Å². The summed E-state index contributed by atoms with van der Waals surface area (Å²) in [5.41, 5.74) is 1.84. The fraction of sp³-hybridized carbons (Fsp3) is 0.217. The minimum absolute atomic E-state index is 0.174. The van der Waals surface area contributed by atoms with Gasteiger partial charge < -0.3 is 14.6 Å². The highest BCUT2D eigenvalue weighted by molar-refractivity contribution is 5.88. The predicted octanol–water partition coefficient (Wildman–Crippen LogP) is 3.59. The van der Waals surface area contributed by atoms with Crippen LogP contribution in [0.4, 0.5) is 0 Å². The summed E-state index contributed by atoms with van der Waals surface area (Å²) in [6.45, 7) is 1.37. The molecule has 0 saturated carbocycles. The number of aliphatic hydroxyl groups is 1. The molecule has 0 aliphatic rings. The van der Waals surface area contributed by atoms with Crippen molar-refractivity contribution in [2.75, 3.05) is 6.61 Å². The molecule has 148 valence electrons. The zero-order valence-corrected chi connectivity index (χ0v) is 16.0. The maximum atomic E-state index is 10.3. The van der Waals surface area contributed by atoms with Crippen molar-refractivity contribution in [3.63, 3.8) is 0 Å². The average Bonchev–Trinajstić information content (AvgIpc) is 3.20. The molecule has 1 aromatic heterocycles. The van der Waals surface area contributed by atoms with Crippen molar-refractivity contribution in [1.82, 2.24) is 15.0 Å². The van der Waals surface area contributed by atoms with Gasteiger partial charge in [-0.25, -0.2) is 4.68 Å². The summed E-state index contributed by atoms with van der Waals surface area (Å²) in [5, 5.41) is 20.6. The van der Waals surface area contributed by atoms with E-state index in [-0.39, 0.29) is 6.61 Å². The van der Waals surface area contributed by atoms with Gasteiger partial charge >= 0.3 is 0 Å². The molecule has 0 bridgehead atoms. The first-order valence-corrected chi connectivity index (χ1v) is 9.57. The van der Waals surface area contributed by atoms with Crippen molar-refractivity contribution < 1.29 is 14.6 Å². The molecular weight excluding hydrogens is 366 g/mol. The first-order valence-electron chi connectivity index (χ1n) is 9.57. The number of benzene rings is 3. The first kappa shape index (κ1) is 19.1. The number of ether oxygens (including phenoxy) is 2. The lowest BCUT2D eigenvalue weighted by molar-refractivity contribution is 0.0894. The van der Waals surface area contributed by atoms with Crippen LogP contribution in [0.5, 0.6) is 5.75 Å². The van der Waals surface area contributed by atoms with Gasteiger partial charge in [-0.05, 0) is 17.0 Å². The third-order valence-corrected chi connectivity index (χ3v) is 4.53. The van der Waals surface area contributed by atoms with E-state index in [9.17, 15) is 5.11 Å². The van der Waals surface area contributed by atoms with Crippen molar-refractivity contribution in [3.05, 3.63) is 90.3 Å². The number of nitrogens with zero attached hydrogens (tertiary/aromatic N) is 3. The van der Waals surface area contributed by atoms with Crippen molar-refractivity contribution in [3.8, 4) is 5.75 Å². The van der Waals surface area contributed by atoms with Gasteiger partial charge in [0.05, 0.1) is 26.0 Å². The Bertz CT molecular complexity index is 1040. The summed E-state index contributed by atoms with van der Waals surface area (Å²) < 4.78 is 13.1. The molecule has 29 heavy (non-hydrogen) atoms. The molecule has 0 fully saturated rings. The van der Waals surface area contributed by atoms with Gasteiger partial charge in [0, 0.05) is 5.39 Å². The van der Waals surface area contributed by atoms with Gasteiger partial charge in [0.2, 0.25) is 0 Å². The van der Waals surface area contributed by atoms with E-state index in [1.54, 1.807) is 10.9 Å². The second kappa shape index (κ2) is 9.32. The summed E-state index contributed by atoms with van der Waals surface area (Å²) in [5.74, 6) is 0.760. The fourth-order valence-corrected chi connectivity index (χ4v) is 3.12. The molecule has 4 rings (SSSR count). The molecule has 0 radical (unpaired) electrons. The molecule has 0 aliphatic carbocycles. The molecule has 1 unspecified atom stereocenters. The fourth-order valence-electron chi connectivity index (χ4n) is 3.12. The van der Waals surface area contributed by atoms with E-state index in [4.69, 9.17) is 9.47 Å². The van der Waals surface area contributed by atoms with Gasteiger partial charge in [-0.15, -0.1) is 5.10 Å². The predicted molar refractivity (Wildman–Crippen MR) is 110 cm³/mol. The standard InChI is InChI=1S/C23H23N3O3/c27-21(17-29-23-12-6-10-19-9-4-5-11-22(19)23)14-26-13-20(24-25-26)16-28-15-18-7-2-1-3-8-18/h1-13,21,27H,14-17H2. The highest BCUT2D eigenvalue weighted by Gasteiger charge is 2.10. The lowest BCUT2D eigenvalue weighted by atomic mass is 10.1. The Morgan fingerprint density at radius 3 is 2.59 bits per heavy atom. The molecule has 6 heteroatoms. The third-order valence-electron chi connectivity index (χ3n) is 4.53. The van der Waals surface area contributed by atoms with Crippen molar-refractivity contribution >= 4 is 10.8 Å². The van der Waals surface area contributed by atoms with E-state index in [1.807, 2.05) is 72.8 Å². The van der Waals surface area contributed by atoms with Crippen LogP contribution < -0.4 is 4.74 Å². The lowest BCUT2D eigenvalue weighted by Gasteiger charge is -2.13. The number of fused-ring (bicyclic) bond motifs is 1. The SMILES string of the molecule is OC(COc1cccc2ccccc12)Cn1cc(COCc2ccccc2)nn1. The number of hydrogen-bond donors (Lipinski definition) is 1. The van der Waals surface area contributed by atoms with Crippen molar-refractivity contribution in [2.24, 2.45) is 0 Å². The average molecular weight is 389 g/mol. The van der Waals surface area contributed by atoms with Gasteiger partial charge in [-0.1, -0.05) is 71.9 Å². The Balaban J connectivity index is 1.26. The minimum Gasteiger partial charge on any atom is -0.490 e. The molecule has 0 amide bonds. The summed E-state index contributed by atoms with van der Waals surface area (Å²) >= 11 is 0. The van der Waals surface area contributed by atoms with Crippen LogP contribution >= 0.6 is 0 Å². The van der Waals surface area contributed by atoms with Gasteiger partial charge in [0.25, 0.3) is 0 Å². The second-order valence-corrected chi connectivity index (χ2v) is 6.85. The molecular formula is C23H23N3O3. The van der Waals surface area contributed by atoms with Gasteiger partial charge in [-0.2, -0.15) is 0 Å². The van der Waals surface area contributed by atoms with Crippen LogP contribution in [0.1, 0.15) is 11.3 Å². The third kappa shape index (κ3) is 5.19. The Kier molecular flexibility index (Phi) is 6.14. The van der Waals surface area contributed by atoms with E-state index in [0.29, 0.717) is 19.8 Å². The molecule has 1 atom stereocenters. The van der Waals surface area contributed by atoms with Crippen LogP contribution in [0.15, 0.2) is 79.0 Å². The van der Waals surface area contributed by atoms with Crippen molar-refractivity contribution in [2.45, 2.75) is 25.9 Å². The molecule has 6 nitrogen and oxygen atoms in total. The zero-order valence-electron chi connectivity index (χ0n) is 16.0. The maximum absolute atomic E-state index is 10.3. The molecule has 4 aromatic rings. The second-order valence-electron chi connectivity index (χ2n) is 6.85. The minimum atomic E-state index is -0.700. The van der Waals surface area contributed by atoms with Crippen LogP contribution in [0.2, 0.25) is 0 Å². The Hall–Kier alpha value is -3.22. The van der Waals surface area contributed by atoms with E-state index in [2.05, 4.69) is 10.3 Å². The van der Waals surface area contributed by atoms with E-state index in [0.717, 1.165) is 27.8 Å². The molecule has 0 saturated heterocycles. The van der Waals surface area contributed by atoms with E-state index >= 15 is 0 Å². The van der Waals surface area contributed by atoms with Gasteiger partial charge in [0.1, 0.15) is 24.2 Å². The van der Waals surface area contributed by atoms with E-state index in [1.165, 1.54) is 0 Å². The van der Waals surface area contributed by atoms with Gasteiger partial charge in [0.15, 0.2) is 0 Å². The molecule has 1 heterocycles. The van der Waals surface area contributed by atoms with Crippen LogP contribution in [0, 0.1) is 0 Å². The summed E-state index contributed by atoms with van der Waals surface area (Å²) in [7, 11) is 0. The van der Waals surface area contributed by atoms with Crippen LogP contribution in [-0.2, 0) is 24.5 Å². The molecule has 3 aromatic carbocycles. The zero-order chi connectivity index (χ0) is 19.9. The van der Waals surface area contributed by atoms with Gasteiger partial charge in [-0.3, -0.25) is 0 Å². The quantitative estimate of drug-likeness (QED) is 0.474. The first-order chi connectivity index (χ1) is 14.3. The van der Waals surface area contributed by atoms with Crippen LogP contribution in [0.25, 0.3) is 10.8 Å². The normalized spacial score (nSPS) is 12.2. The lowest BCUT2D eigenvalue weighted by Crippen LogP contribution is -2.24.